The fraction of sp³-hybridized carbons (Fsp3) is 0.733. The van der Waals surface area contributed by atoms with Crippen LogP contribution in [0.3, 0.4) is 0 Å². The number of hydrogen-bond acceptors (Lipinski definition) is 3. The minimum Gasteiger partial charge on any atom is -0.349 e. The molecule has 6 heteroatoms. The molecule has 0 aromatic carbocycles. The van der Waals surface area contributed by atoms with Crippen LogP contribution >= 0.6 is 0 Å². The highest BCUT2D eigenvalue weighted by Gasteiger charge is 2.19. The van der Waals surface area contributed by atoms with Crippen molar-refractivity contribution >= 4 is 10.0 Å². The lowest BCUT2D eigenvalue weighted by Gasteiger charge is -2.12. The fourth-order valence-corrected chi connectivity index (χ4v) is 3.52. The highest BCUT2D eigenvalue weighted by atomic mass is 32.2. The Morgan fingerprint density at radius 2 is 1.90 bits per heavy atom. The van der Waals surface area contributed by atoms with Crippen molar-refractivity contribution in [3.05, 3.63) is 18.0 Å². The predicted molar refractivity (Wildman–Crippen MR) is 86.7 cm³/mol. The summed E-state index contributed by atoms with van der Waals surface area (Å²) >= 11 is 0. The van der Waals surface area contributed by atoms with Gasteiger partial charge in [0.25, 0.3) is 0 Å². The molecule has 0 fully saturated rings. The Kier molecular flexibility index (Phi) is 7.42. The quantitative estimate of drug-likeness (QED) is 0.696. The fourth-order valence-electron chi connectivity index (χ4n) is 2.34. The van der Waals surface area contributed by atoms with Gasteiger partial charge < -0.3 is 9.88 Å². The molecule has 0 bridgehead atoms. The van der Waals surface area contributed by atoms with Crippen molar-refractivity contribution in [2.75, 3.05) is 13.6 Å². The van der Waals surface area contributed by atoms with Gasteiger partial charge in [0.1, 0.15) is 0 Å². The largest absolute Gasteiger partial charge is 0.349 e. The van der Waals surface area contributed by atoms with Crippen LogP contribution in [0.4, 0.5) is 0 Å². The van der Waals surface area contributed by atoms with Crippen LogP contribution in [0.15, 0.2) is 17.2 Å². The minimum absolute atomic E-state index is 0.368. The first-order valence-corrected chi connectivity index (χ1v) is 9.30. The molecule has 5 nitrogen and oxygen atoms in total. The van der Waals surface area contributed by atoms with Gasteiger partial charge in [-0.15, -0.1) is 0 Å². The molecular weight excluding hydrogens is 286 g/mol. The summed E-state index contributed by atoms with van der Waals surface area (Å²) in [5.41, 5.74) is 1.00. The van der Waals surface area contributed by atoms with E-state index in [1.165, 1.54) is 0 Å². The molecule has 1 aromatic rings. The topological polar surface area (TPSA) is 63.1 Å². The van der Waals surface area contributed by atoms with E-state index in [4.69, 9.17) is 0 Å². The Morgan fingerprint density at radius 1 is 1.24 bits per heavy atom. The molecule has 0 unspecified atom stereocenters. The zero-order chi connectivity index (χ0) is 15.9. The first-order chi connectivity index (χ1) is 9.98. The van der Waals surface area contributed by atoms with E-state index in [1.54, 1.807) is 12.3 Å². The van der Waals surface area contributed by atoms with Crippen molar-refractivity contribution in [3.63, 3.8) is 0 Å². The minimum atomic E-state index is -3.41. The van der Waals surface area contributed by atoms with Crippen LogP contribution in [0.2, 0.25) is 0 Å². The van der Waals surface area contributed by atoms with Crippen LogP contribution in [0.1, 0.15) is 45.7 Å². The molecular formula is C15H29N3O2S. The van der Waals surface area contributed by atoms with Crippen LogP contribution in [-0.2, 0) is 23.1 Å². The van der Waals surface area contributed by atoms with E-state index in [1.807, 2.05) is 11.6 Å². The molecule has 0 atom stereocenters. The third-order valence-electron chi connectivity index (χ3n) is 3.81. The molecule has 0 radical (unpaired) electrons. The SMILES string of the molecule is CCCn1cc(S(=O)(=O)NCC(CC)CC)cc1CNC. The van der Waals surface area contributed by atoms with Crippen molar-refractivity contribution in [1.29, 1.82) is 0 Å². The second-order valence-corrected chi connectivity index (χ2v) is 7.19. The molecule has 0 saturated heterocycles. The lowest BCUT2D eigenvalue weighted by atomic mass is 10.0. The van der Waals surface area contributed by atoms with Gasteiger partial charge in [-0.05, 0) is 25.5 Å². The molecule has 1 aromatic heterocycles. The summed E-state index contributed by atoms with van der Waals surface area (Å²) < 4.78 is 29.6. The summed E-state index contributed by atoms with van der Waals surface area (Å²) in [7, 11) is -1.55. The second-order valence-electron chi connectivity index (χ2n) is 5.43. The average molecular weight is 315 g/mol. The zero-order valence-corrected chi connectivity index (χ0v) is 14.5. The van der Waals surface area contributed by atoms with Crippen molar-refractivity contribution in [2.24, 2.45) is 5.92 Å². The summed E-state index contributed by atoms with van der Waals surface area (Å²) in [5.74, 6) is 0.397. The van der Waals surface area contributed by atoms with Crippen molar-refractivity contribution in [3.8, 4) is 0 Å². The van der Waals surface area contributed by atoms with E-state index in [-0.39, 0.29) is 0 Å². The third-order valence-corrected chi connectivity index (χ3v) is 5.20. The van der Waals surface area contributed by atoms with Crippen LogP contribution < -0.4 is 10.0 Å². The van der Waals surface area contributed by atoms with E-state index in [2.05, 4.69) is 30.8 Å². The molecule has 21 heavy (non-hydrogen) atoms. The molecule has 122 valence electrons. The van der Waals surface area contributed by atoms with Gasteiger partial charge in [-0.3, -0.25) is 0 Å². The normalized spacial score (nSPS) is 12.2. The van der Waals surface area contributed by atoms with Gasteiger partial charge in [-0.25, -0.2) is 13.1 Å². The molecule has 1 rings (SSSR count). The van der Waals surface area contributed by atoms with Crippen LogP contribution in [0.5, 0.6) is 0 Å². The smallest absolute Gasteiger partial charge is 0.242 e. The highest BCUT2D eigenvalue weighted by molar-refractivity contribution is 7.89. The van der Waals surface area contributed by atoms with E-state index >= 15 is 0 Å². The van der Waals surface area contributed by atoms with Crippen molar-refractivity contribution in [2.45, 2.75) is 58.0 Å². The number of nitrogens with one attached hydrogen (secondary N) is 2. The maximum absolute atomic E-state index is 12.4. The summed E-state index contributed by atoms with van der Waals surface area (Å²) in [5, 5.41) is 3.08. The monoisotopic (exact) mass is 315 g/mol. The number of rotatable bonds is 10. The van der Waals surface area contributed by atoms with E-state index < -0.39 is 10.0 Å². The van der Waals surface area contributed by atoms with Gasteiger partial charge in [-0.1, -0.05) is 33.6 Å². The molecule has 1 heterocycles. The molecule has 0 amide bonds. The predicted octanol–water partition coefficient (Wildman–Crippen LogP) is 2.33. The average Bonchev–Trinajstić information content (AvgIpc) is 2.85. The molecule has 2 N–H and O–H groups in total. The number of aryl methyl sites for hydroxylation is 1. The number of hydrogen-bond donors (Lipinski definition) is 2. The van der Waals surface area contributed by atoms with E-state index in [0.29, 0.717) is 23.9 Å². The van der Waals surface area contributed by atoms with Crippen LogP contribution in [0, 0.1) is 5.92 Å². The number of aromatic nitrogens is 1. The summed E-state index contributed by atoms with van der Waals surface area (Å²) in [6.07, 6.45) is 4.69. The number of sulfonamides is 1. The van der Waals surface area contributed by atoms with E-state index in [9.17, 15) is 8.42 Å². The standard InChI is InChI=1S/C15H29N3O2S/c1-5-8-18-12-15(9-14(18)11-16-4)21(19,20)17-10-13(6-2)7-3/h9,12-13,16-17H,5-8,10-11H2,1-4H3. The highest BCUT2D eigenvalue weighted by Crippen LogP contribution is 2.16. The Labute approximate surface area is 129 Å². The third kappa shape index (κ3) is 5.13. The molecule has 0 spiro atoms. The maximum atomic E-state index is 12.4. The van der Waals surface area contributed by atoms with E-state index in [0.717, 1.165) is 31.5 Å². The summed E-state index contributed by atoms with van der Waals surface area (Å²) in [4.78, 5) is 0.368. The molecule has 0 aliphatic heterocycles. The first-order valence-electron chi connectivity index (χ1n) is 7.81. The van der Waals surface area contributed by atoms with Gasteiger partial charge in [0.15, 0.2) is 0 Å². The summed E-state index contributed by atoms with van der Waals surface area (Å²) in [6, 6.07) is 1.77. The first kappa shape index (κ1) is 18.2. The van der Waals surface area contributed by atoms with Gasteiger partial charge in [-0.2, -0.15) is 0 Å². The lowest BCUT2D eigenvalue weighted by molar-refractivity contribution is 0.479. The van der Waals surface area contributed by atoms with Crippen molar-refractivity contribution in [1.82, 2.24) is 14.6 Å². The number of nitrogens with zero attached hydrogens (tertiary/aromatic N) is 1. The van der Waals surface area contributed by atoms with Gasteiger partial charge in [0.2, 0.25) is 10.0 Å². The van der Waals surface area contributed by atoms with Crippen LogP contribution in [0.25, 0.3) is 0 Å². The molecule has 0 saturated carbocycles. The second kappa shape index (κ2) is 8.56. The maximum Gasteiger partial charge on any atom is 0.242 e. The lowest BCUT2D eigenvalue weighted by Crippen LogP contribution is -2.28. The van der Waals surface area contributed by atoms with Gasteiger partial charge in [0, 0.05) is 31.5 Å². The molecule has 0 aliphatic carbocycles. The molecule has 0 aliphatic rings. The van der Waals surface area contributed by atoms with Gasteiger partial charge in [0.05, 0.1) is 4.90 Å². The Balaban J connectivity index is 2.89. The van der Waals surface area contributed by atoms with Crippen molar-refractivity contribution < 1.29 is 8.42 Å². The Morgan fingerprint density at radius 3 is 2.43 bits per heavy atom. The van der Waals surface area contributed by atoms with Gasteiger partial charge >= 0.3 is 0 Å². The Hall–Kier alpha value is -0.850. The Bertz CT molecular complexity index is 496. The summed E-state index contributed by atoms with van der Waals surface area (Å²) in [6.45, 7) is 8.27. The zero-order valence-electron chi connectivity index (χ0n) is 13.6. The van der Waals surface area contributed by atoms with Crippen LogP contribution in [-0.4, -0.2) is 26.6 Å².